The van der Waals surface area contributed by atoms with Crippen molar-refractivity contribution in [1.82, 2.24) is 0 Å². The van der Waals surface area contributed by atoms with Gasteiger partial charge in [0.2, 0.25) is 0 Å². The van der Waals surface area contributed by atoms with Crippen LogP contribution in [0, 0.1) is 11.8 Å². The molecule has 1 aliphatic carbocycles. The first kappa shape index (κ1) is 28.5. The van der Waals surface area contributed by atoms with Crippen molar-refractivity contribution in [2.45, 2.75) is 51.9 Å². The Morgan fingerprint density at radius 2 is 1.36 bits per heavy atom. The lowest BCUT2D eigenvalue weighted by Gasteiger charge is -2.24. The third-order valence-corrected chi connectivity index (χ3v) is 5.67. The Hall–Kier alpha value is -3.69. The lowest BCUT2D eigenvalue weighted by molar-refractivity contribution is -0.153. The molecule has 10 nitrogen and oxygen atoms in total. The monoisotopic (exact) mass is 504 g/mol. The van der Waals surface area contributed by atoms with Crippen molar-refractivity contribution in [3.63, 3.8) is 0 Å². The second kappa shape index (κ2) is 14.7. The molecule has 2 rings (SSSR count). The van der Waals surface area contributed by atoms with Gasteiger partial charge in [-0.2, -0.15) is 0 Å². The Balaban J connectivity index is 1.59. The molecule has 1 aliphatic rings. The van der Waals surface area contributed by atoms with Gasteiger partial charge in [-0.3, -0.25) is 19.2 Å². The smallest absolute Gasteiger partial charge is 0.333 e. The number of rotatable bonds is 13. The van der Waals surface area contributed by atoms with Gasteiger partial charge >= 0.3 is 29.8 Å². The van der Waals surface area contributed by atoms with Crippen molar-refractivity contribution >= 4 is 29.8 Å². The van der Waals surface area contributed by atoms with Gasteiger partial charge in [0.25, 0.3) is 0 Å². The molecular weight excluding hydrogens is 472 g/mol. The number of carbonyl (C=O) groups excluding carboxylic acids is 4. The van der Waals surface area contributed by atoms with Crippen molar-refractivity contribution in [3.05, 3.63) is 42.0 Å². The highest BCUT2D eigenvalue weighted by Crippen LogP contribution is 2.30. The number of esters is 4. The van der Waals surface area contributed by atoms with Crippen LogP contribution in [0.4, 0.5) is 0 Å². The highest BCUT2D eigenvalue weighted by Gasteiger charge is 2.30. The normalized spacial score (nSPS) is 16.9. The van der Waals surface area contributed by atoms with Gasteiger partial charge in [0.05, 0.1) is 31.3 Å². The molecule has 0 unspecified atom stereocenters. The van der Waals surface area contributed by atoms with E-state index in [1.165, 1.54) is 6.92 Å². The van der Waals surface area contributed by atoms with Crippen LogP contribution in [0.1, 0.15) is 51.0 Å². The predicted octanol–water partition coefficient (Wildman–Crippen LogP) is 3.01. The van der Waals surface area contributed by atoms with Gasteiger partial charge in [-0.15, -0.1) is 0 Å². The number of carbonyl (C=O) groups is 5. The molecule has 10 heteroatoms. The fourth-order valence-corrected chi connectivity index (χ4v) is 3.54. The van der Waals surface area contributed by atoms with Gasteiger partial charge in [0, 0.05) is 12.0 Å². The molecule has 0 amide bonds. The molecule has 36 heavy (non-hydrogen) atoms. The maximum atomic E-state index is 12.3. The highest BCUT2D eigenvalue weighted by atomic mass is 16.6. The molecular formula is C26H32O10. The van der Waals surface area contributed by atoms with Crippen LogP contribution in [0.2, 0.25) is 0 Å². The van der Waals surface area contributed by atoms with Gasteiger partial charge in [-0.05, 0) is 50.3 Å². The molecule has 1 aromatic carbocycles. The van der Waals surface area contributed by atoms with E-state index in [1.807, 2.05) is 0 Å². The molecule has 1 N–H and O–H groups in total. The van der Waals surface area contributed by atoms with E-state index in [0.717, 1.165) is 5.56 Å². The minimum Gasteiger partial charge on any atom is -0.481 e. The summed E-state index contributed by atoms with van der Waals surface area (Å²) in [5.41, 5.74) is 1.12. The number of carboxylic acid groups (broad SMARTS) is 1. The molecule has 1 aromatic rings. The van der Waals surface area contributed by atoms with Gasteiger partial charge in [-0.25, -0.2) is 4.79 Å². The SMILES string of the molecule is C=C(C)C(=O)OCCOC(=O)CCC(=O)OCCc1ccc(OC(=O)[C@H]2CC[C@H](C(=O)O)CC2)cc1. The van der Waals surface area contributed by atoms with Gasteiger partial charge in [0.1, 0.15) is 19.0 Å². The van der Waals surface area contributed by atoms with Crippen LogP contribution < -0.4 is 4.74 Å². The number of ether oxygens (including phenoxy) is 4. The molecule has 0 bridgehead atoms. The molecule has 0 radical (unpaired) electrons. The molecule has 0 spiro atoms. The number of carboxylic acids is 1. The second-order valence-electron chi connectivity index (χ2n) is 8.56. The Morgan fingerprint density at radius 3 is 1.92 bits per heavy atom. The largest absolute Gasteiger partial charge is 0.481 e. The van der Waals surface area contributed by atoms with E-state index in [1.54, 1.807) is 24.3 Å². The van der Waals surface area contributed by atoms with Gasteiger partial charge in [0.15, 0.2) is 0 Å². The zero-order valence-electron chi connectivity index (χ0n) is 20.4. The van der Waals surface area contributed by atoms with E-state index in [9.17, 15) is 24.0 Å². The molecule has 1 fully saturated rings. The van der Waals surface area contributed by atoms with E-state index >= 15 is 0 Å². The van der Waals surface area contributed by atoms with Gasteiger partial charge < -0.3 is 24.1 Å². The van der Waals surface area contributed by atoms with Crippen LogP contribution in [-0.2, 0) is 44.6 Å². The lowest BCUT2D eigenvalue weighted by Crippen LogP contribution is -2.28. The van der Waals surface area contributed by atoms with Crippen molar-refractivity contribution in [2.75, 3.05) is 19.8 Å². The highest BCUT2D eigenvalue weighted by molar-refractivity contribution is 5.86. The minimum atomic E-state index is -0.818. The van der Waals surface area contributed by atoms with Crippen LogP contribution >= 0.6 is 0 Å². The second-order valence-corrected chi connectivity index (χ2v) is 8.56. The quantitative estimate of drug-likeness (QED) is 0.140. The molecule has 0 saturated heterocycles. The maximum absolute atomic E-state index is 12.3. The molecule has 0 atom stereocenters. The minimum absolute atomic E-state index is 0.0896. The fraction of sp³-hybridized carbons (Fsp3) is 0.500. The zero-order chi connectivity index (χ0) is 26.5. The van der Waals surface area contributed by atoms with Crippen molar-refractivity contribution < 1.29 is 48.0 Å². The summed E-state index contributed by atoms with van der Waals surface area (Å²) in [4.78, 5) is 58.0. The Labute approximate surface area is 209 Å². The summed E-state index contributed by atoms with van der Waals surface area (Å²) in [7, 11) is 0. The average Bonchev–Trinajstić information content (AvgIpc) is 2.86. The molecule has 0 aliphatic heterocycles. The first-order chi connectivity index (χ1) is 17.2. The summed E-state index contributed by atoms with van der Waals surface area (Å²) in [6.45, 7) is 4.86. The van der Waals surface area contributed by atoms with Gasteiger partial charge in [-0.1, -0.05) is 18.7 Å². The first-order valence-corrected chi connectivity index (χ1v) is 11.8. The van der Waals surface area contributed by atoms with Crippen LogP contribution in [0.5, 0.6) is 5.75 Å². The molecule has 0 aromatic heterocycles. The van der Waals surface area contributed by atoms with E-state index in [2.05, 4.69) is 6.58 Å². The van der Waals surface area contributed by atoms with E-state index in [4.69, 9.17) is 24.1 Å². The Kier molecular flexibility index (Phi) is 11.6. The number of hydrogen-bond acceptors (Lipinski definition) is 9. The van der Waals surface area contributed by atoms with Crippen molar-refractivity contribution in [3.8, 4) is 5.75 Å². The van der Waals surface area contributed by atoms with Crippen LogP contribution in [0.25, 0.3) is 0 Å². The standard InChI is InChI=1S/C26H32O10/c1-17(2)25(31)35-16-15-34-23(28)12-11-22(27)33-14-13-18-3-9-21(10-4-18)36-26(32)20-7-5-19(6-8-20)24(29)30/h3-4,9-10,19-20H,1,5-8,11-16H2,2H3,(H,29,30)/t19-,20-. The number of benzene rings is 1. The summed E-state index contributed by atoms with van der Waals surface area (Å²) in [5.74, 6) is -3.16. The fourth-order valence-electron chi connectivity index (χ4n) is 3.54. The summed E-state index contributed by atoms with van der Waals surface area (Å²) >= 11 is 0. The predicted molar refractivity (Wildman–Crippen MR) is 126 cm³/mol. The molecule has 196 valence electrons. The van der Waals surface area contributed by atoms with E-state index in [0.29, 0.717) is 37.9 Å². The number of hydrogen-bond donors (Lipinski definition) is 1. The summed E-state index contributed by atoms with van der Waals surface area (Å²) in [6.07, 6.45) is 2.11. The molecule has 0 heterocycles. The lowest BCUT2D eigenvalue weighted by atomic mass is 9.82. The van der Waals surface area contributed by atoms with E-state index < -0.39 is 23.9 Å². The summed E-state index contributed by atoms with van der Waals surface area (Å²) in [6, 6.07) is 6.83. The average molecular weight is 505 g/mol. The van der Waals surface area contributed by atoms with E-state index in [-0.39, 0.29) is 56.0 Å². The number of aliphatic carboxylic acids is 1. The topological polar surface area (TPSA) is 142 Å². The van der Waals surface area contributed by atoms with Crippen molar-refractivity contribution in [2.24, 2.45) is 11.8 Å². The van der Waals surface area contributed by atoms with Crippen LogP contribution in [0.3, 0.4) is 0 Å². The van der Waals surface area contributed by atoms with Crippen LogP contribution in [0.15, 0.2) is 36.4 Å². The first-order valence-electron chi connectivity index (χ1n) is 11.8. The third kappa shape index (κ3) is 10.3. The summed E-state index contributed by atoms with van der Waals surface area (Å²) < 4.78 is 20.2. The Bertz CT molecular complexity index is 942. The maximum Gasteiger partial charge on any atom is 0.333 e. The van der Waals surface area contributed by atoms with Crippen molar-refractivity contribution in [1.29, 1.82) is 0 Å². The zero-order valence-corrected chi connectivity index (χ0v) is 20.4. The third-order valence-electron chi connectivity index (χ3n) is 5.67. The summed E-state index contributed by atoms with van der Waals surface area (Å²) in [5, 5.41) is 9.05. The van der Waals surface area contributed by atoms with Crippen LogP contribution in [-0.4, -0.2) is 54.8 Å². The molecule has 1 saturated carbocycles. The Morgan fingerprint density at radius 1 is 0.833 bits per heavy atom.